The third kappa shape index (κ3) is 74.1. The Kier molecular flexibility index (Phi) is 69.5. The average molecular weight is 1270 g/mol. The van der Waals surface area contributed by atoms with Gasteiger partial charge < -0.3 is 27.9 Å². The minimum absolute atomic E-state index is 0.0247. The SMILES string of the molecule is CCCCCCCCCCCCCCCCCCCCCCCCCCCCCCCCCCCCCCCCCC(=O)OC(COC(=O)CCCCCCCCCCCCCCCCCCCCCCCCCCC)COP(=O)([O-])OCC[N+](C)(C)C. The molecule has 0 aromatic rings. The zero-order chi connectivity index (χ0) is 64.1. The molecular formula is C78H156NO8P. The Balaban J connectivity index is 3.86. The van der Waals surface area contributed by atoms with Crippen molar-refractivity contribution in [2.75, 3.05) is 47.5 Å². The van der Waals surface area contributed by atoms with E-state index in [1.807, 2.05) is 21.1 Å². The summed E-state index contributed by atoms with van der Waals surface area (Å²) in [7, 11) is 1.20. The van der Waals surface area contributed by atoms with Crippen LogP contribution in [0.3, 0.4) is 0 Å². The van der Waals surface area contributed by atoms with E-state index in [0.29, 0.717) is 17.4 Å². The van der Waals surface area contributed by atoms with Crippen LogP contribution in [0.2, 0.25) is 0 Å². The van der Waals surface area contributed by atoms with Gasteiger partial charge in [0.15, 0.2) is 6.10 Å². The highest BCUT2D eigenvalue weighted by atomic mass is 31.2. The number of likely N-dealkylation sites (N-methyl/N-ethyl adjacent to an activating group) is 1. The molecule has 9 nitrogen and oxygen atoms in total. The van der Waals surface area contributed by atoms with Gasteiger partial charge >= 0.3 is 11.9 Å². The van der Waals surface area contributed by atoms with Crippen LogP contribution in [0.1, 0.15) is 438 Å². The topological polar surface area (TPSA) is 111 Å². The van der Waals surface area contributed by atoms with Crippen LogP contribution in [0.25, 0.3) is 0 Å². The van der Waals surface area contributed by atoms with E-state index < -0.39 is 26.5 Å². The molecule has 0 saturated heterocycles. The van der Waals surface area contributed by atoms with Crippen molar-refractivity contribution in [3.63, 3.8) is 0 Å². The molecule has 0 radical (unpaired) electrons. The number of nitrogens with zero attached hydrogens (tertiary/aromatic N) is 1. The molecule has 0 fully saturated rings. The highest BCUT2D eigenvalue weighted by Gasteiger charge is 2.22. The molecule has 0 aromatic heterocycles. The minimum atomic E-state index is -4.64. The number of esters is 2. The number of phosphoric acid groups is 1. The Labute approximate surface area is 550 Å². The molecule has 2 atom stereocenters. The van der Waals surface area contributed by atoms with E-state index in [1.54, 1.807) is 0 Å². The van der Waals surface area contributed by atoms with Crippen molar-refractivity contribution in [2.45, 2.75) is 444 Å². The van der Waals surface area contributed by atoms with Gasteiger partial charge in [-0.2, -0.15) is 0 Å². The fourth-order valence-corrected chi connectivity index (χ4v) is 13.3. The summed E-state index contributed by atoms with van der Waals surface area (Å²) in [5, 5.41) is 0. The lowest BCUT2D eigenvalue weighted by molar-refractivity contribution is -0.870. The molecule has 0 bridgehead atoms. The summed E-state index contributed by atoms with van der Waals surface area (Å²) in [5.74, 6) is -0.801. The fraction of sp³-hybridized carbons (Fsp3) is 0.974. The molecule has 0 rings (SSSR count). The summed E-state index contributed by atoms with van der Waals surface area (Å²) in [5.41, 5.74) is 0. The van der Waals surface area contributed by atoms with Gasteiger partial charge in [0.2, 0.25) is 0 Å². The maximum absolute atomic E-state index is 12.9. The maximum Gasteiger partial charge on any atom is 0.306 e. The van der Waals surface area contributed by atoms with Crippen LogP contribution in [0, 0.1) is 0 Å². The summed E-state index contributed by atoms with van der Waals surface area (Å²) in [6.07, 6.45) is 86.7. The number of hydrogen-bond acceptors (Lipinski definition) is 8. The van der Waals surface area contributed by atoms with E-state index in [9.17, 15) is 19.0 Å². The van der Waals surface area contributed by atoms with E-state index in [4.69, 9.17) is 18.5 Å². The van der Waals surface area contributed by atoms with Crippen molar-refractivity contribution >= 4 is 19.8 Å². The van der Waals surface area contributed by atoms with Gasteiger partial charge in [0.25, 0.3) is 7.82 Å². The van der Waals surface area contributed by atoms with Crippen LogP contribution in [0.5, 0.6) is 0 Å². The van der Waals surface area contributed by atoms with Gasteiger partial charge in [-0.3, -0.25) is 14.2 Å². The van der Waals surface area contributed by atoms with Crippen molar-refractivity contribution in [1.82, 2.24) is 0 Å². The zero-order valence-electron chi connectivity index (χ0n) is 60.2. The summed E-state index contributed by atoms with van der Waals surface area (Å²) in [6, 6.07) is 0. The number of phosphoric ester groups is 1. The molecule has 0 aliphatic rings. The summed E-state index contributed by atoms with van der Waals surface area (Å²) >= 11 is 0. The molecule has 0 aromatic carbocycles. The third-order valence-corrected chi connectivity index (χ3v) is 19.6. The number of carbonyl (C=O) groups is 2. The predicted molar refractivity (Wildman–Crippen MR) is 379 cm³/mol. The minimum Gasteiger partial charge on any atom is -0.756 e. The summed E-state index contributed by atoms with van der Waals surface area (Å²) < 4.78 is 34.4. The average Bonchev–Trinajstić information content (AvgIpc) is 3.68. The van der Waals surface area contributed by atoms with E-state index in [1.165, 1.54) is 372 Å². The normalized spacial score (nSPS) is 12.9. The first kappa shape index (κ1) is 87.0. The number of rotatable bonds is 76. The first-order valence-corrected chi connectivity index (χ1v) is 41.2. The van der Waals surface area contributed by atoms with Crippen LogP contribution in [-0.2, 0) is 32.7 Å². The van der Waals surface area contributed by atoms with Gasteiger partial charge in [-0.15, -0.1) is 0 Å². The number of unbranched alkanes of at least 4 members (excludes halogenated alkanes) is 62. The van der Waals surface area contributed by atoms with Crippen LogP contribution in [-0.4, -0.2) is 70.0 Å². The van der Waals surface area contributed by atoms with Crippen LogP contribution in [0.15, 0.2) is 0 Å². The van der Waals surface area contributed by atoms with Gasteiger partial charge in [-0.1, -0.05) is 412 Å². The van der Waals surface area contributed by atoms with Crippen LogP contribution < -0.4 is 4.89 Å². The van der Waals surface area contributed by atoms with E-state index in [2.05, 4.69) is 13.8 Å². The van der Waals surface area contributed by atoms with Crippen molar-refractivity contribution in [3.05, 3.63) is 0 Å². The van der Waals surface area contributed by atoms with Crippen molar-refractivity contribution in [2.24, 2.45) is 0 Å². The maximum atomic E-state index is 12.9. The number of carbonyl (C=O) groups excluding carboxylic acids is 2. The second kappa shape index (κ2) is 70.3. The van der Waals surface area contributed by atoms with E-state index in [0.717, 1.165) is 32.1 Å². The zero-order valence-corrected chi connectivity index (χ0v) is 61.1. The molecule has 10 heteroatoms. The quantitative estimate of drug-likeness (QED) is 0.0256. The number of quaternary nitrogens is 1. The fourth-order valence-electron chi connectivity index (χ4n) is 12.5. The third-order valence-electron chi connectivity index (χ3n) is 18.6. The molecule has 88 heavy (non-hydrogen) atoms. The monoisotopic (exact) mass is 1270 g/mol. The Morgan fingerprint density at radius 3 is 0.727 bits per heavy atom. The molecule has 526 valence electrons. The second-order valence-electron chi connectivity index (χ2n) is 28.8. The van der Waals surface area contributed by atoms with Crippen LogP contribution in [0.4, 0.5) is 0 Å². The van der Waals surface area contributed by atoms with Crippen molar-refractivity contribution < 1.29 is 42.1 Å². The Hall–Kier alpha value is -0.990. The molecular weight excluding hydrogens is 1110 g/mol. The van der Waals surface area contributed by atoms with Crippen LogP contribution >= 0.6 is 7.82 Å². The van der Waals surface area contributed by atoms with Crippen molar-refractivity contribution in [3.8, 4) is 0 Å². The largest absolute Gasteiger partial charge is 0.756 e. The Bertz CT molecular complexity index is 1440. The standard InChI is InChI=1S/C78H156NO8P/c1-6-8-10-12-14-16-18-20-22-24-26-28-30-32-33-34-35-36-37-38-39-40-41-42-43-44-45-47-49-51-53-55-57-59-61-63-65-67-69-71-78(81)87-76(75-86-88(82,83)85-73-72-79(3,4)5)74-84-77(80)70-68-66-64-62-60-58-56-54-52-50-48-46-31-29-27-25-23-21-19-17-15-13-11-9-7-2/h76H,6-75H2,1-5H3. The molecule has 0 aliphatic carbocycles. The lowest BCUT2D eigenvalue weighted by Crippen LogP contribution is -2.37. The van der Waals surface area contributed by atoms with E-state index >= 15 is 0 Å². The predicted octanol–water partition coefficient (Wildman–Crippen LogP) is 25.4. The molecule has 0 saturated carbocycles. The van der Waals surface area contributed by atoms with Gasteiger partial charge in [0.05, 0.1) is 27.7 Å². The molecule has 2 unspecified atom stereocenters. The lowest BCUT2D eigenvalue weighted by Gasteiger charge is -2.28. The molecule has 0 aliphatic heterocycles. The highest BCUT2D eigenvalue weighted by molar-refractivity contribution is 7.45. The summed E-state index contributed by atoms with van der Waals surface area (Å²) in [6.45, 7) is 4.35. The number of hydrogen-bond donors (Lipinski definition) is 0. The van der Waals surface area contributed by atoms with Gasteiger partial charge in [0, 0.05) is 12.8 Å². The second-order valence-corrected chi connectivity index (χ2v) is 30.2. The Morgan fingerprint density at radius 1 is 0.307 bits per heavy atom. The number of ether oxygens (including phenoxy) is 2. The van der Waals surface area contributed by atoms with Gasteiger partial charge in [-0.25, -0.2) is 0 Å². The first-order chi connectivity index (χ1) is 43.0. The molecule has 0 spiro atoms. The van der Waals surface area contributed by atoms with E-state index in [-0.39, 0.29) is 32.0 Å². The summed E-state index contributed by atoms with van der Waals surface area (Å²) in [4.78, 5) is 38.1. The molecule has 0 N–H and O–H groups in total. The highest BCUT2D eigenvalue weighted by Crippen LogP contribution is 2.38. The lowest BCUT2D eigenvalue weighted by atomic mass is 10.0. The van der Waals surface area contributed by atoms with Crippen molar-refractivity contribution in [1.29, 1.82) is 0 Å². The molecule has 0 amide bonds. The smallest absolute Gasteiger partial charge is 0.306 e. The first-order valence-electron chi connectivity index (χ1n) is 39.7. The molecule has 0 heterocycles. The Morgan fingerprint density at radius 2 is 0.511 bits per heavy atom. The van der Waals surface area contributed by atoms with Gasteiger partial charge in [-0.05, 0) is 12.8 Å². The van der Waals surface area contributed by atoms with Gasteiger partial charge in [0.1, 0.15) is 19.8 Å².